The number of hydrogen-bond acceptors (Lipinski definition) is 2. The van der Waals surface area contributed by atoms with Crippen LogP contribution < -0.4 is 0 Å². The predicted molar refractivity (Wildman–Crippen MR) is 58.7 cm³/mol. The van der Waals surface area contributed by atoms with Gasteiger partial charge in [-0.2, -0.15) is 5.10 Å². The molecular weight excluding hydrogens is 298 g/mol. The smallest absolute Gasteiger partial charge is 0.244 e. The Morgan fingerprint density at radius 3 is 2.93 bits per heavy atom. The summed E-state index contributed by atoms with van der Waals surface area (Å²) in [7, 11) is 0. The lowest BCUT2D eigenvalue weighted by atomic mass is 10.2. The van der Waals surface area contributed by atoms with Gasteiger partial charge in [-0.3, -0.25) is 4.79 Å². The Morgan fingerprint density at radius 1 is 1.57 bits per heavy atom. The second-order valence-electron chi connectivity index (χ2n) is 2.90. The number of carbonyl (C=O) groups excluding carboxylic acids is 1. The highest BCUT2D eigenvalue weighted by molar-refractivity contribution is 14.1. The number of benzene rings is 1. The normalized spacial score (nSPS) is 10.8. The van der Waals surface area contributed by atoms with Gasteiger partial charge in [-0.25, -0.2) is 9.07 Å². The van der Waals surface area contributed by atoms with Gasteiger partial charge in [0, 0.05) is 21.9 Å². The largest absolute Gasteiger partial charge is 0.273 e. The molecule has 0 aliphatic rings. The van der Waals surface area contributed by atoms with E-state index in [9.17, 15) is 9.18 Å². The van der Waals surface area contributed by atoms with Crippen LogP contribution in [0.4, 0.5) is 4.39 Å². The Morgan fingerprint density at radius 2 is 2.29 bits per heavy atom. The third-order valence-electron chi connectivity index (χ3n) is 1.91. The zero-order valence-corrected chi connectivity index (χ0v) is 9.45. The van der Waals surface area contributed by atoms with Gasteiger partial charge in [-0.05, 0) is 28.7 Å². The van der Waals surface area contributed by atoms with Crippen LogP contribution in [-0.4, -0.2) is 15.7 Å². The van der Waals surface area contributed by atoms with Gasteiger partial charge >= 0.3 is 0 Å². The average Bonchev–Trinajstić information content (AvgIpc) is 2.48. The third-order valence-corrected chi connectivity index (χ3v) is 2.74. The maximum Gasteiger partial charge on any atom is 0.244 e. The maximum absolute atomic E-state index is 13.2. The number of rotatable bonds is 0. The summed E-state index contributed by atoms with van der Waals surface area (Å²) >= 11 is 1.90. The summed E-state index contributed by atoms with van der Waals surface area (Å²) in [6.07, 6.45) is 1.55. The number of halogens is 2. The molecule has 0 radical (unpaired) electrons. The van der Waals surface area contributed by atoms with E-state index in [1.54, 1.807) is 12.3 Å². The molecule has 1 aromatic heterocycles. The number of fused-ring (bicyclic) bond motifs is 1. The van der Waals surface area contributed by atoms with Gasteiger partial charge in [-0.1, -0.05) is 0 Å². The molecule has 0 aliphatic carbocycles. The van der Waals surface area contributed by atoms with Crippen molar-refractivity contribution in [1.82, 2.24) is 9.78 Å². The van der Waals surface area contributed by atoms with Gasteiger partial charge in [0.05, 0.1) is 11.7 Å². The van der Waals surface area contributed by atoms with Crippen molar-refractivity contribution in [2.45, 2.75) is 6.92 Å². The van der Waals surface area contributed by atoms with Gasteiger partial charge in [0.25, 0.3) is 0 Å². The lowest BCUT2D eigenvalue weighted by Crippen LogP contribution is -2.06. The molecule has 2 aromatic rings. The molecule has 0 spiro atoms. The van der Waals surface area contributed by atoms with Crippen molar-refractivity contribution in [3.63, 3.8) is 0 Å². The van der Waals surface area contributed by atoms with E-state index in [4.69, 9.17) is 0 Å². The van der Waals surface area contributed by atoms with Crippen LogP contribution in [0.2, 0.25) is 0 Å². The first-order chi connectivity index (χ1) is 6.59. The third kappa shape index (κ3) is 1.41. The van der Waals surface area contributed by atoms with E-state index in [-0.39, 0.29) is 11.7 Å². The van der Waals surface area contributed by atoms with Crippen LogP contribution in [0, 0.1) is 9.39 Å². The van der Waals surface area contributed by atoms with Crippen LogP contribution in [0.5, 0.6) is 0 Å². The van der Waals surface area contributed by atoms with Crippen molar-refractivity contribution in [2.75, 3.05) is 0 Å². The highest BCUT2D eigenvalue weighted by Crippen LogP contribution is 2.20. The van der Waals surface area contributed by atoms with E-state index < -0.39 is 0 Å². The molecule has 72 valence electrons. The van der Waals surface area contributed by atoms with Crippen LogP contribution in [0.1, 0.15) is 11.7 Å². The average molecular weight is 304 g/mol. The maximum atomic E-state index is 13.2. The van der Waals surface area contributed by atoms with Crippen molar-refractivity contribution in [3.05, 3.63) is 27.7 Å². The molecule has 0 unspecified atom stereocenters. The number of nitrogens with zero attached hydrogens (tertiary/aromatic N) is 2. The van der Waals surface area contributed by atoms with Crippen molar-refractivity contribution < 1.29 is 9.18 Å². The number of hydrogen-bond donors (Lipinski definition) is 0. The van der Waals surface area contributed by atoms with Gasteiger partial charge in [0.2, 0.25) is 5.91 Å². The topological polar surface area (TPSA) is 34.9 Å². The van der Waals surface area contributed by atoms with Crippen LogP contribution in [0.3, 0.4) is 0 Å². The lowest BCUT2D eigenvalue weighted by Gasteiger charge is -1.98. The molecule has 1 aromatic carbocycles. The molecule has 5 heteroatoms. The molecule has 14 heavy (non-hydrogen) atoms. The fraction of sp³-hybridized carbons (Fsp3) is 0.111. The van der Waals surface area contributed by atoms with E-state index in [2.05, 4.69) is 5.10 Å². The minimum Gasteiger partial charge on any atom is -0.273 e. The molecule has 0 amide bonds. The molecule has 0 N–H and O–H groups in total. The summed E-state index contributed by atoms with van der Waals surface area (Å²) in [4.78, 5) is 11.1. The molecule has 0 atom stereocenters. The molecule has 0 aliphatic heterocycles. The van der Waals surface area contributed by atoms with Gasteiger partial charge in [-0.15, -0.1) is 0 Å². The predicted octanol–water partition coefficient (Wildman–Crippen LogP) is 2.44. The fourth-order valence-electron chi connectivity index (χ4n) is 1.27. The molecule has 0 fully saturated rings. The van der Waals surface area contributed by atoms with E-state index >= 15 is 0 Å². The van der Waals surface area contributed by atoms with Crippen LogP contribution in [0.15, 0.2) is 18.3 Å². The second-order valence-corrected chi connectivity index (χ2v) is 4.06. The van der Waals surface area contributed by atoms with E-state index in [1.807, 2.05) is 22.6 Å². The molecule has 0 bridgehead atoms. The Hall–Kier alpha value is -0.980. The summed E-state index contributed by atoms with van der Waals surface area (Å²) in [6, 6.07) is 2.99. The summed E-state index contributed by atoms with van der Waals surface area (Å²) in [5.41, 5.74) is 0.510. The minimum absolute atomic E-state index is 0.222. The highest BCUT2D eigenvalue weighted by atomic mass is 127. The first-order valence-electron chi connectivity index (χ1n) is 3.93. The Kier molecular flexibility index (Phi) is 2.26. The fourth-order valence-corrected chi connectivity index (χ4v) is 1.76. The van der Waals surface area contributed by atoms with E-state index in [0.717, 1.165) is 5.39 Å². The number of aromatic nitrogens is 2. The molecule has 0 saturated carbocycles. The highest BCUT2D eigenvalue weighted by Gasteiger charge is 2.09. The second kappa shape index (κ2) is 3.30. The van der Waals surface area contributed by atoms with E-state index in [1.165, 1.54) is 17.7 Å². The summed E-state index contributed by atoms with van der Waals surface area (Å²) in [5.74, 6) is -0.554. The Bertz CT molecular complexity index is 521. The van der Waals surface area contributed by atoms with Crippen molar-refractivity contribution in [1.29, 1.82) is 0 Å². The van der Waals surface area contributed by atoms with Gasteiger partial charge in [0.15, 0.2) is 0 Å². The Labute approximate surface area is 93.0 Å². The van der Waals surface area contributed by atoms with Gasteiger partial charge < -0.3 is 0 Å². The number of carbonyl (C=O) groups is 1. The van der Waals surface area contributed by atoms with Crippen molar-refractivity contribution in [2.24, 2.45) is 0 Å². The molecule has 0 saturated heterocycles. The summed E-state index contributed by atoms with van der Waals surface area (Å²) < 4.78 is 14.9. The summed E-state index contributed by atoms with van der Waals surface area (Å²) in [5, 5.41) is 4.64. The van der Waals surface area contributed by atoms with Crippen LogP contribution in [0.25, 0.3) is 10.9 Å². The zero-order valence-electron chi connectivity index (χ0n) is 7.29. The SMILES string of the molecule is CC(=O)n1ncc2cc(I)c(F)cc21. The van der Waals surface area contributed by atoms with Crippen LogP contribution in [-0.2, 0) is 0 Å². The zero-order chi connectivity index (χ0) is 10.3. The minimum atomic E-state index is -0.332. The van der Waals surface area contributed by atoms with Gasteiger partial charge in [0.1, 0.15) is 5.82 Å². The lowest BCUT2D eigenvalue weighted by molar-refractivity contribution is 0.0927. The quantitative estimate of drug-likeness (QED) is 0.701. The van der Waals surface area contributed by atoms with Crippen molar-refractivity contribution in [3.8, 4) is 0 Å². The Balaban J connectivity index is 2.80. The molecule has 1 heterocycles. The first-order valence-corrected chi connectivity index (χ1v) is 5.01. The first kappa shape index (κ1) is 9.57. The molecule has 2 rings (SSSR count). The van der Waals surface area contributed by atoms with Crippen molar-refractivity contribution >= 4 is 39.4 Å². The summed E-state index contributed by atoms with van der Waals surface area (Å²) in [6.45, 7) is 1.39. The monoisotopic (exact) mass is 304 g/mol. The molecule has 3 nitrogen and oxygen atoms in total. The van der Waals surface area contributed by atoms with E-state index in [0.29, 0.717) is 9.09 Å². The standard InChI is InChI=1S/C9H6FIN2O/c1-5(14)13-9-3-7(10)8(11)2-6(9)4-12-13/h2-4H,1H3. The molecular formula is C9H6FIN2O. The van der Waals surface area contributed by atoms with Crippen LogP contribution >= 0.6 is 22.6 Å².